The van der Waals surface area contributed by atoms with Crippen LogP contribution in [0.1, 0.15) is 18.3 Å². The second kappa shape index (κ2) is 5.99. The Bertz CT molecular complexity index is 677. The Morgan fingerprint density at radius 2 is 2.24 bits per heavy atom. The number of carbonyl (C=O) groups is 1. The van der Waals surface area contributed by atoms with Crippen LogP contribution in [0, 0.1) is 0 Å². The van der Waals surface area contributed by atoms with Crippen LogP contribution in [-0.4, -0.2) is 54.9 Å². The van der Waals surface area contributed by atoms with Gasteiger partial charge < -0.3 is 20.1 Å². The molecule has 4 N–H and O–H groups in total. The molecule has 0 radical (unpaired) electrons. The number of carboxylic acids is 1. The first-order valence-corrected chi connectivity index (χ1v) is 6.01. The maximum absolute atomic E-state index is 11.7. The van der Waals surface area contributed by atoms with Crippen molar-refractivity contribution in [3.63, 3.8) is 0 Å². The zero-order chi connectivity index (χ0) is 15.6. The third kappa shape index (κ3) is 3.24. The van der Waals surface area contributed by atoms with Crippen LogP contribution >= 0.6 is 0 Å². The minimum Gasteiger partial charge on any atom is -0.478 e. The topological polar surface area (TPSA) is 155 Å². The van der Waals surface area contributed by atoms with Gasteiger partial charge in [-0.25, -0.2) is 9.59 Å². The number of hydrogen-bond acceptors (Lipinski definition) is 7. The van der Waals surface area contributed by atoms with E-state index in [-0.39, 0.29) is 12.1 Å². The smallest absolute Gasteiger partial charge is 0.347 e. The second-order valence-corrected chi connectivity index (χ2v) is 4.38. The van der Waals surface area contributed by atoms with Crippen LogP contribution in [0.3, 0.4) is 0 Å². The number of aromatic amines is 1. The average Bonchev–Trinajstić information content (AvgIpc) is 2.78. The van der Waals surface area contributed by atoms with Gasteiger partial charge >= 0.3 is 11.7 Å². The Labute approximate surface area is 116 Å². The molecule has 1 saturated heterocycles. The van der Waals surface area contributed by atoms with Crippen LogP contribution in [0.25, 0.3) is 6.08 Å². The van der Waals surface area contributed by atoms with Crippen molar-refractivity contribution in [1.29, 1.82) is 0 Å². The molecule has 0 aromatic carbocycles. The highest BCUT2D eigenvalue weighted by Crippen LogP contribution is 2.26. The third-order valence-corrected chi connectivity index (χ3v) is 2.92. The monoisotopic (exact) mass is 299 g/mol. The van der Waals surface area contributed by atoms with Gasteiger partial charge in [0.15, 0.2) is 6.23 Å². The first-order valence-electron chi connectivity index (χ1n) is 6.01. The molecule has 0 saturated carbocycles. The minimum atomic E-state index is -1.28. The average molecular weight is 299 g/mol. The fourth-order valence-corrected chi connectivity index (χ4v) is 1.91. The molecule has 114 valence electrons. The van der Waals surface area contributed by atoms with Crippen molar-refractivity contribution in [2.75, 3.05) is 6.61 Å². The Hall–Kier alpha value is -2.30. The molecule has 21 heavy (non-hydrogen) atoms. The summed E-state index contributed by atoms with van der Waals surface area (Å²) in [7, 11) is 0. The molecule has 0 amide bonds. The Morgan fingerprint density at radius 3 is 2.81 bits per heavy atom. The number of aliphatic hydroxyl groups excluding tert-OH is 2. The highest BCUT2D eigenvalue weighted by molar-refractivity contribution is 5.84. The van der Waals surface area contributed by atoms with Crippen LogP contribution in [0.15, 0.2) is 15.7 Å². The number of carboxylic acid groups (broad SMARTS) is 1. The highest BCUT2D eigenvalue weighted by Gasteiger charge is 2.35. The number of aromatic nitrogens is 3. The van der Waals surface area contributed by atoms with E-state index in [9.17, 15) is 19.5 Å². The normalized spacial score (nSPS) is 25.5. The molecule has 2 heterocycles. The summed E-state index contributed by atoms with van der Waals surface area (Å²) in [5.41, 5.74) is -1.99. The van der Waals surface area contributed by atoms with Gasteiger partial charge in [0.25, 0.3) is 5.56 Å². The number of nitrogens with one attached hydrogen (secondary N) is 1. The number of aliphatic hydroxyl groups is 2. The molecule has 0 spiro atoms. The number of rotatable bonds is 4. The van der Waals surface area contributed by atoms with Gasteiger partial charge in [-0.2, -0.15) is 9.78 Å². The standard InChI is InChI=1S/C11H13N3O7/c15-4-7-6(16)3-8(21-7)14-11(20)12-10(19)5(13-14)1-2-9(17)18/h1-2,6-8,15-16H,3-4H2,(H,17,18)(H,12,19,20)/b2-1+/t6?,7-,8-/m0/s1. The lowest BCUT2D eigenvalue weighted by molar-refractivity contribution is -0.131. The molecule has 1 aliphatic heterocycles. The molecule has 1 unspecified atom stereocenters. The van der Waals surface area contributed by atoms with Crippen LogP contribution in [0.2, 0.25) is 0 Å². The van der Waals surface area contributed by atoms with Gasteiger partial charge in [0.2, 0.25) is 0 Å². The maximum atomic E-state index is 11.7. The van der Waals surface area contributed by atoms with Crippen molar-refractivity contribution >= 4 is 12.0 Å². The highest BCUT2D eigenvalue weighted by atomic mass is 16.5. The van der Waals surface area contributed by atoms with Gasteiger partial charge in [-0.05, 0) is 6.08 Å². The van der Waals surface area contributed by atoms with E-state index in [1.54, 1.807) is 0 Å². The van der Waals surface area contributed by atoms with E-state index in [1.165, 1.54) is 0 Å². The van der Waals surface area contributed by atoms with Crippen molar-refractivity contribution in [1.82, 2.24) is 14.8 Å². The summed E-state index contributed by atoms with van der Waals surface area (Å²) in [6.07, 6.45) is -1.14. The Kier molecular flexibility index (Phi) is 4.31. The summed E-state index contributed by atoms with van der Waals surface area (Å²) in [6, 6.07) is 0. The summed E-state index contributed by atoms with van der Waals surface area (Å²) in [4.78, 5) is 35.6. The molecule has 1 aromatic heterocycles. The molecule has 10 nitrogen and oxygen atoms in total. The van der Waals surface area contributed by atoms with Gasteiger partial charge in [0, 0.05) is 12.5 Å². The van der Waals surface area contributed by atoms with Gasteiger partial charge in [0.05, 0.1) is 12.7 Å². The van der Waals surface area contributed by atoms with Crippen molar-refractivity contribution < 1.29 is 24.9 Å². The quantitative estimate of drug-likeness (QED) is 0.451. The summed E-state index contributed by atoms with van der Waals surface area (Å²) in [5.74, 6) is -1.28. The third-order valence-electron chi connectivity index (χ3n) is 2.92. The molecule has 3 atom stereocenters. The molecule has 1 fully saturated rings. The lowest BCUT2D eigenvalue weighted by Gasteiger charge is -2.13. The lowest BCUT2D eigenvalue weighted by Crippen LogP contribution is -2.36. The second-order valence-electron chi connectivity index (χ2n) is 4.38. The van der Waals surface area contributed by atoms with Crippen LogP contribution in [-0.2, 0) is 9.53 Å². The number of nitrogens with zero attached hydrogens (tertiary/aromatic N) is 2. The van der Waals surface area contributed by atoms with E-state index in [2.05, 4.69) is 5.10 Å². The fraction of sp³-hybridized carbons (Fsp3) is 0.455. The summed E-state index contributed by atoms with van der Waals surface area (Å²) < 4.78 is 6.04. The van der Waals surface area contributed by atoms with Crippen molar-refractivity contribution in [2.24, 2.45) is 0 Å². The lowest BCUT2D eigenvalue weighted by atomic mass is 10.2. The van der Waals surface area contributed by atoms with Crippen LogP contribution in [0.5, 0.6) is 0 Å². The van der Waals surface area contributed by atoms with Crippen LogP contribution < -0.4 is 11.2 Å². The number of aliphatic carboxylic acids is 1. The van der Waals surface area contributed by atoms with Crippen molar-refractivity contribution in [3.8, 4) is 0 Å². The largest absolute Gasteiger partial charge is 0.478 e. The van der Waals surface area contributed by atoms with E-state index < -0.39 is 42.3 Å². The summed E-state index contributed by atoms with van der Waals surface area (Å²) in [5, 5.41) is 30.9. The Morgan fingerprint density at radius 1 is 1.52 bits per heavy atom. The van der Waals surface area contributed by atoms with Gasteiger partial charge in [0.1, 0.15) is 11.8 Å². The molecule has 1 aliphatic rings. The van der Waals surface area contributed by atoms with Gasteiger partial charge in [-0.3, -0.25) is 9.78 Å². The SMILES string of the molecule is O=C(O)/C=C/c1nn([C@@H]2CC(O)[C@H](CO)O2)c(=O)[nH]c1=O. The summed E-state index contributed by atoms with van der Waals surface area (Å²) in [6.45, 7) is -0.429. The van der Waals surface area contributed by atoms with Crippen molar-refractivity contribution in [2.45, 2.75) is 24.9 Å². The molecule has 2 rings (SSSR count). The first kappa shape index (κ1) is 15.1. The van der Waals surface area contributed by atoms with E-state index in [1.807, 2.05) is 4.98 Å². The zero-order valence-electron chi connectivity index (χ0n) is 10.7. The molecule has 0 aliphatic carbocycles. The number of ether oxygens (including phenoxy) is 1. The predicted molar refractivity (Wildman–Crippen MR) is 67.4 cm³/mol. The molecule has 0 bridgehead atoms. The first-order chi connectivity index (χ1) is 9.92. The van der Waals surface area contributed by atoms with Gasteiger partial charge in [-0.1, -0.05) is 0 Å². The van der Waals surface area contributed by atoms with E-state index in [4.69, 9.17) is 14.9 Å². The van der Waals surface area contributed by atoms with E-state index in [0.717, 1.165) is 10.8 Å². The minimum absolute atomic E-state index is 0.00621. The van der Waals surface area contributed by atoms with Crippen molar-refractivity contribution in [3.05, 3.63) is 32.6 Å². The van der Waals surface area contributed by atoms with Gasteiger partial charge in [-0.15, -0.1) is 0 Å². The number of hydrogen-bond donors (Lipinski definition) is 4. The van der Waals surface area contributed by atoms with E-state index in [0.29, 0.717) is 6.08 Å². The molecular weight excluding hydrogens is 286 g/mol. The molecule has 10 heteroatoms. The molecule has 1 aromatic rings. The predicted octanol–water partition coefficient (Wildman–Crippen LogP) is -2.33. The summed E-state index contributed by atoms with van der Waals surface area (Å²) >= 11 is 0. The maximum Gasteiger partial charge on any atom is 0.347 e. The van der Waals surface area contributed by atoms with E-state index >= 15 is 0 Å². The number of H-pyrrole nitrogens is 1. The zero-order valence-corrected chi connectivity index (χ0v) is 10.7. The fourth-order valence-electron chi connectivity index (χ4n) is 1.91. The molecular formula is C11H13N3O7. The van der Waals surface area contributed by atoms with Crippen LogP contribution in [0.4, 0.5) is 0 Å². The Balaban J connectivity index is 2.37.